The molecule has 0 bridgehead atoms. The highest BCUT2D eigenvalue weighted by atomic mass is 127. The van der Waals surface area contributed by atoms with E-state index in [1.54, 1.807) is 0 Å². The summed E-state index contributed by atoms with van der Waals surface area (Å²) in [6.45, 7) is -0.227. The van der Waals surface area contributed by atoms with Gasteiger partial charge in [-0.3, -0.25) is 0 Å². The molecule has 0 saturated heterocycles. The van der Waals surface area contributed by atoms with Gasteiger partial charge in [-0.2, -0.15) is 13.2 Å². The third-order valence-electron chi connectivity index (χ3n) is 2.17. The molecule has 20 heavy (non-hydrogen) atoms. The standard InChI is InChI=1S/C10H12F3N3O2S.HI/c1-19(17,18)8-3-6(5-16-9(14)15)2-7(4-8)10(11,12)13;/h2-4H,5H2,1H3,(H4,14,15,16);1H. The highest BCUT2D eigenvalue weighted by Gasteiger charge is 2.32. The van der Waals surface area contributed by atoms with Gasteiger partial charge in [0.15, 0.2) is 15.8 Å². The second-order valence-corrected chi connectivity index (χ2v) is 5.89. The maximum Gasteiger partial charge on any atom is 0.416 e. The van der Waals surface area contributed by atoms with Crippen molar-refractivity contribution in [1.29, 1.82) is 0 Å². The molecular formula is C10H13F3IN3O2S. The molecule has 0 aromatic heterocycles. The summed E-state index contributed by atoms with van der Waals surface area (Å²) in [5.74, 6) is -0.293. The van der Waals surface area contributed by atoms with E-state index >= 15 is 0 Å². The molecule has 0 unspecified atom stereocenters. The maximum absolute atomic E-state index is 12.7. The molecule has 0 aliphatic heterocycles. The first-order valence-corrected chi connectivity index (χ1v) is 6.86. The van der Waals surface area contributed by atoms with Gasteiger partial charge < -0.3 is 11.5 Å². The molecule has 114 valence electrons. The van der Waals surface area contributed by atoms with Crippen LogP contribution in [0.1, 0.15) is 11.1 Å². The first kappa shape index (κ1) is 19.0. The van der Waals surface area contributed by atoms with Crippen LogP contribution in [0.25, 0.3) is 0 Å². The summed E-state index contributed by atoms with van der Waals surface area (Å²) in [6, 6.07) is 2.49. The second kappa shape index (κ2) is 6.61. The molecule has 10 heteroatoms. The highest BCUT2D eigenvalue weighted by molar-refractivity contribution is 14.0. The van der Waals surface area contributed by atoms with Crippen molar-refractivity contribution in [2.45, 2.75) is 17.6 Å². The van der Waals surface area contributed by atoms with E-state index in [1.165, 1.54) is 0 Å². The highest BCUT2D eigenvalue weighted by Crippen LogP contribution is 2.31. The zero-order chi connectivity index (χ0) is 14.8. The fraction of sp³-hybridized carbons (Fsp3) is 0.300. The Bertz CT molecular complexity index is 611. The smallest absolute Gasteiger partial charge is 0.370 e. The largest absolute Gasteiger partial charge is 0.416 e. The molecule has 0 amide bonds. The monoisotopic (exact) mass is 423 g/mol. The van der Waals surface area contributed by atoms with E-state index in [4.69, 9.17) is 11.5 Å². The Morgan fingerprint density at radius 1 is 1.25 bits per heavy atom. The molecule has 1 aromatic rings. The molecule has 0 atom stereocenters. The van der Waals surface area contributed by atoms with Gasteiger partial charge >= 0.3 is 6.18 Å². The Labute approximate surface area is 131 Å². The minimum absolute atomic E-state index is 0. The molecule has 0 fully saturated rings. The zero-order valence-corrected chi connectivity index (χ0v) is 13.5. The van der Waals surface area contributed by atoms with E-state index in [2.05, 4.69) is 4.99 Å². The number of alkyl halides is 3. The van der Waals surface area contributed by atoms with E-state index in [-0.39, 0.29) is 42.0 Å². The number of aliphatic imine (C=N–C) groups is 1. The topological polar surface area (TPSA) is 98.5 Å². The molecular weight excluding hydrogens is 410 g/mol. The Kier molecular flexibility index (Phi) is 6.26. The van der Waals surface area contributed by atoms with Gasteiger partial charge in [-0.25, -0.2) is 13.4 Å². The third kappa shape index (κ3) is 5.53. The van der Waals surface area contributed by atoms with Gasteiger partial charge in [-0.1, -0.05) is 0 Å². The predicted molar refractivity (Wildman–Crippen MR) is 79.5 cm³/mol. The predicted octanol–water partition coefficient (Wildman–Crippen LogP) is 1.50. The summed E-state index contributed by atoms with van der Waals surface area (Å²) in [7, 11) is -3.76. The molecule has 0 aliphatic carbocycles. The van der Waals surface area contributed by atoms with Crippen molar-refractivity contribution in [1.82, 2.24) is 0 Å². The molecule has 0 spiro atoms. The summed E-state index contributed by atoms with van der Waals surface area (Å²) in [5.41, 5.74) is 9.15. The first-order valence-electron chi connectivity index (χ1n) is 4.97. The normalized spacial score (nSPS) is 11.6. The maximum atomic E-state index is 12.7. The van der Waals surface area contributed by atoms with Gasteiger partial charge in [-0.15, -0.1) is 24.0 Å². The molecule has 1 rings (SSSR count). The van der Waals surface area contributed by atoms with Gasteiger partial charge in [0.25, 0.3) is 0 Å². The Hall–Kier alpha value is -1.04. The minimum Gasteiger partial charge on any atom is -0.370 e. The van der Waals surface area contributed by atoms with Crippen LogP contribution in [0.15, 0.2) is 28.1 Å². The van der Waals surface area contributed by atoms with E-state index in [1.807, 2.05) is 0 Å². The number of guanidine groups is 1. The number of halogens is 4. The van der Waals surface area contributed by atoms with Crippen LogP contribution in [-0.2, 0) is 22.6 Å². The van der Waals surface area contributed by atoms with Crippen molar-refractivity contribution in [3.05, 3.63) is 29.3 Å². The van der Waals surface area contributed by atoms with Gasteiger partial charge in [-0.05, 0) is 23.8 Å². The van der Waals surface area contributed by atoms with Crippen molar-refractivity contribution in [2.24, 2.45) is 16.5 Å². The van der Waals surface area contributed by atoms with Crippen molar-refractivity contribution >= 4 is 39.8 Å². The quantitative estimate of drug-likeness (QED) is 0.438. The first-order chi connectivity index (χ1) is 8.50. The lowest BCUT2D eigenvalue weighted by Crippen LogP contribution is -2.22. The van der Waals surface area contributed by atoms with E-state index in [0.29, 0.717) is 6.07 Å². The van der Waals surface area contributed by atoms with Crippen LogP contribution in [0.3, 0.4) is 0 Å². The van der Waals surface area contributed by atoms with E-state index < -0.39 is 26.5 Å². The summed E-state index contributed by atoms with van der Waals surface area (Å²) in [6.07, 6.45) is -3.82. The Morgan fingerprint density at radius 3 is 2.20 bits per heavy atom. The van der Waals surface area contributed by atoms with Gasteiger partial charge in [0.05, 0.1) is 17.0 Å². The van der Waals surface area contributed by atoms with Crippen LogP contribution >= 0.6 is 24.0 Å². The summed E-state index contributed by atoms with van der Waals surface area (Å²) >= 11 is 0. The lowest BCUT2D eigenvalue weighted by atomic mass is 10.1. The number of benzene rings is 1. The van der Waals surface area contributed by atoms with Crippen LogP contribution in [0, 0.1) is 0 Å². The van der Waals surface area contributed by atoms with Gasteiger partial charge in [0, 0.05) is 6.26 Å². The lowest BCUT2D eigenvalue weighted by Gasteiger charge is -2.10. The SMILES string of the molecule is CS(=O)(=O)c1cc(CN=C(N)N)cc(C(F)(F)F)c1.I. The van der Waals surface area contributed by atoms with Crippen LogP contribution in [0.5, 0.6) is 0 Å². The number of nitrogens with zero attached hydrogens (tertiary/aromatic N) is 1. The molecule has 5 nitrogen and oxygen atoms in total. The van der Waals surface area contributed by atoms with E-state index in [0.717, 1.165) is 18.4 Å². The van der Waals surface area contributed by atoms with Crippen molar-refractivity contribution in [3.8, 4) is 0 Å². The molecule has 4 N–H and O–H groups in total. The van der Waals surface area contributed by atoms with Crippen LogP contribution < -0.4 is 11.5 Å². The third-order valence-corrected chi connectivity index (χ3v) is 3.26. The number of hydrogen-bond donors (Lipinski definition) is 2. The van der Waals surface area contributed by atoms with Crippen LogP contribution in [-0.4, -0.2) is 20.6 Å². The van der Waals surface area contributed by atoms with Crippen LogP contribution in [0.4, 0.5) is 13.2 Å². The molecule has 0 radical (unpaired) electrons. The molecule has 0 aliphatic rings. The van der Waals surface area contributed by atoms with Gasteiger partial charge in [0.2, 0.25) is 0 Å². The van der Waals surface area contributed by atoms with Crippen molar-refractivity contribution in [2.75, 3.05) is 6.26 Å². The average molecular weight is 423 g/mol. The minimum atomic E-state index is -4.65. The number of hydrogen-bond acceptors (Lipinski definition) is 3. The fourth-order valence-electron chi connectivity index (χ4n) is 1.31. The summed E-state index contributed by atoms with van der Waals surface area (Å²) in [5, 5.41) is 0. The van der Waals surface area contributed by atoms with Crippen molar-refractivity contribution < 1.29 is 21.6 Å². The van der Waals surface area contributed by atoms with Crippen molar-refractivity contribution in [3.63, 3.8) is 0 Å². The second-order valence-electron chi connectivity index (χ2n) is 3.88. The average Bonchev–Trinajstić information content (AvgIpc) is 2.23. The van der Waals surface area contributed by atoms with Gasteiger partial charge in [0.1, 0.15) is 0 Å². The lowest BCUT2D eigenvalue weighted by molar-refractivity contribution is -0.137. The number of rotatable bonds is 3. The number of sulfone groups is 1. The molecule has 0 saturated carbocycles. The number of nitrogens with two attached hydrogens (primary N) is 2. The van der Waals surface area contributed by atoms with Crippen LogP contribution in [0.2, 0.25) is 0 Å². The van der Waals surface area contributed by atoms with E-state index in [9.17, 15) is 21.6 Å². The Balaban J connectivity index is 0.00000361. The Morgan fingerprint density at radius 2 is 1.80 bits per heavy atom. The molecule has 0 heterocycles. The fourth-order valence-corrected chi connectivity index (χ4v) is 2.02. The zero-order valence-electron chi connectivity index (χ0n) is 10.3. The molecule has 1 aromatic carbocycles. The summed E-state index contributed by atoms with van der Waals surface area (Å²) < 4.78 is 60.7. The summed E-state index contributed by atoms with van der Waals surface area (Å²) in [4.78, 5) is 3.12.